The van der Waals surface area contributed by atoms with Crippen molar-refractivity contribution in [1.29, 1.82) is 0 Å². The van der Waals surface area contributed by atoms with Crippen molar-refractivity contribution >= 4 is 11.6 Å². The Morgan fingerprint density at radius 3 is 2.50 bits per heavy atom. The molecule has 0 aliphatic carbocycles. The van der Waals surface area contributed by atoms with Crippen molar-refractivity contribution in [2.24, 2.45) is 7.05 Å². The zero-order valence-electron chi connectivity index (χ0n) is 10.4. The van der Waals surface area contributed by atoms with Gasteiger partial charge in [0.25, 0.3) is 5.91 Å². The van der Waals surface area contributed by atoms with Gasteiger partial charge in [-0.3, -0.25) is 4.79 Å². The summed E-state index contributed by atoms with van der Waals surface area (Å²) in [5.41, 5.74) is 0.280. The molecular weight excluding hydrogens is 273 g/mol. The summed E-state index contributed by atoms with van der Waals surface area (Å²) in [6, 6.07) is 8.58. The summed E-state index contributed by atoms with van der Waals surface area (Å²) in [4.78, 5) is 11.9. The molecule has 2 rings (SSSR count). The highest BCUT2D eigenvalue weighted by molar-refractivity contribution is 6.03. The number of aryl methyl sites for hydroxylation is 1. The maximum atomic E-state index is 12.3. The lowest BCUT2D eigenvalue weighted by atomic mass is 10.3. The number of hydrogen-bond acceptors (Lipinski definition) is 2. The van der Waals surface area contributed by atoms with E-state index in [2.05, 4.69) is 10.1 Å². The first kappa shape index (κ1) is 14.0. The van der Waals surface area contributed by atoms with Gasteiger partial charge in [0.1, 0.15) is 5.69 Å². The molecular formula is C13H11F3N2O2. The summed E-state index contributed by atoms with van der Waals surface area (Å²) < 4.78 is 42.2. The molecule has 0 spiro atoms. The topological polar surface area (TPSA) is 43.3 Å². The van der Waals surface area contributed by atoms with Crippen molar-refractivity contribution < 1.29 is 22.7 Å². The molecule has 0 saturated heterocycles. The molecule has 0 saturated carbocycles. The highest BCUT2D eigenvalue weighted by atomic mass is 19.4. The van der Waals surface area contributed by atoms with Crippen LogP contribution in [0.1, 0.15) is 10.5 Å². The van der Waals surface area contributed by atoms with Crippen LogP contribution in [-0.4, -0.2) is 16.8 Å². The van der Waals surface area contributed by atoms with Crippen molar-refractivity contribution in [3.05, 3.63) is 48.3 Å². The predicted octanol–water partition coefficient (Wildman–Crippen LogP) is 3.18. The molecule has 0 unspecified atom stereocenters. The minimum Gasteiger partial charge on any atom is -0.404 e. The van der Waals surface area contributed by atoms with E-state index in [4.69, 9.17) is 0 Å². The second-order valence-electron chi connectivity index (χ2n) is 4.00. The van der Waals surface area contributed by atoms with Gasteiger partial charge in [0.15, 0.2) is 5.75 Å². The lowest BCUT2D eigenvalue weighted by molar-refractivity contribution is -0.274. The second-order valence-corrected chi connectivity index (χ2v) is 4.00. The number of carbonyl (C=O) groups is 1. The number of hydrogen-bond donors (Lipinski definition) is 1. The third-order valence-electron chi connectivity index (χ3n) is 2.54. The maximum absolute atomic E-state index is 12.3. The summed E-state index contributed by atoms with van der Waals surface area (Å²) in [5.74, 6) is -0.974. The van der Waals surface area contributed by atoms with E-state index in [0.29, 0.717) is 5.69 Å². The number of aromatic nitrogens is 1. The number of benzene rings is 1. The number of para-hydroxylation sites is 2. The lowest BCUT2D eigenvalue weighted by Crippen LogP contribution is -2.20. The summed E-state index contributed by atoms with van der Waals surface area (Å²) in [5, 5.41) is 2.39. The third kappa shape index (κ3) is 3.31. The number of ether oxygens (including phenoxy) is 1. The average Bonchev–Trinajstić information content (AvgIpc) is 2.76. The minimum absolute atomic E-state index is 0.0453. The number of amides is 1. The van der Waals surface area contributed by atoms with E-state index in [1.165, 1.54) is 18.2 Å². The molecule has 4 nitrogen and oxygen atoms in total. The fourth-order valence-electron chi connectivity index (χ4n) is 1.67. The molecule has 1 amide bonds. The van der Waals surface area contributed by atoms with E-state index in [-0.39, 0.29) is 5.69 Å². The van der Waals surface area contributed by atoms with Crippen molar-refractivity contribution in [1.82, 2.24) is 4.57 Å². The van der Waals surface area contributed by atoms with Gasteiger partial charge in [0, 0.05) is 13.2 Å². The number of anilines is 1. The van der Waals surface area contributed by atoms with Crippen molar-refractivity contribution in [3.8, 4) is 5.75 Å². The van der Waals surface area contributed by atoms with Gasteiger partial charge in [0.05, 0.1) is 5.69 Å². The Bertz CT molecular complexity index is 620. The lowest BCUT2D eigenvalue weighted by Gasteiger charge is -2.13. The van der Waals surface area contributed by atoms with Gasteiger partial charge in [-0.15, -0.1) is 13.2 Å². The van der Waals surface area contributed by atoms with E-state index in [1.54, 1.807) is 29.9 Å². The molecule has 1 aromatic heterocycles. The van der Waals surface area contributed by atoms with Gasteiger partial charge < -0.3 is 14.6 Å². The number of nitrogens with one attached hydrogen (secondary N) is 1. The minimum atomic E-state index is -4.81. The zero-order chi connectivity index (χ0) is 14.8. The number of halogens is 3. The fraction of sp³-hybridized carbons (Fsp3) is 0.154. The molecule has 0 bridgehead atoms. The molecule has 106 valence electrons. The normalized spacial score (nSPS) is 11.2. The quantitative estimate of drug-likeness (QED) is 0.940. The molecule has 0 radical (unpaired) electrons. The Morgan fingerprint density at radius 1 is 1.20 bits per heavy atom. The molecule has 1 aromatic carbocycles. The van der Waals surface area contributed by atoms with Crippen LogP contribution in [0.2, 0.25) is 0 Å². The van der Waals surface area contributed by atoms with Crippen LogP contribution in [0.3, 0.4) is 0 Å². The van der Waals surface area contributed by atoms with Gasteiger partial charge in [-0.1, -0.05) is 12.1 Å². The third-order valence-corrected chi connectivity index (χ3v) is 2.54. The van der Waals surface area contributed by atoms with Gasteiger partial charge in [-0.2, -0.15) is 0 Å². The fourth-order valence-corrected chi connectivity index (χ4v) is 1.67. The van der Waals surface area contributed by atoms with Crippen molar-refractivity contribution in [2.75, 3.05) is 5.32 Å². The van der Waals surface area contributed by atoms with Crippen LogP contribution in [0.5, 0.6) is 5.75 Å². The second kappa shape index (κ2) is 5.28. The molecule has 1 N–H and O–H groups in total. The Labute approximate surface area is 112 Å². The highest BCUT2D eigenvalue weighted by Gasteiger charge is 2.32. The highest BCUT2D eigenvalue weighted by Crippen LogP contribution is 2.30. The van der Waals surface area contributed by atoms with Crippen LogP contribution in [0.4, 0.5) is 18.9 Å². The average molecular weight is 284 g/mol. The molecule has 0 fully saturated rings. The number of rotatable bonds is 3. The number of carbonyl (C=O) groups excluding carboxylic acids is 1. The first-order valence-corrected chi connectivity index (χ1v) is 5.64. The van der Waals surface area contributed by atoms with Crippen LogP contribution >= 0.6 is 0 Å². The predicted molar refractivity (Wildman–Crippen MR) is 66.5 cm³/mol. The van der Waals surface area contributed by atoms with Gasteiger partial charge >= 0.3 is 6.36 Å². The van der Waals surface area contributed by atoms with Crippen LogP contribution in [0, 0.1) is 0 Å². The summed E-state index contributed by atoms with van der Waals surface area (Å²) in [6.45, 7) is 0. The van der Waals surface area contributed by atoms with Crippen LogP contribution in [-0.2, 0) is 7.05 Å². The van der Waals surface area contributed by atoms with Crippen molar-refractivity contribution in [3.63, 3.8) is 0 Å². The molecule has 0 atom stereocenters. The van der Waals surface area contributed by atoms with E-state index in [1.807, 2.05) is 0 Å². The Morgan fingerprint density at radius 2 is 1.90 bits per heavy atom. The Kier molecular flexibility index (Phi) is 3.69. The van der Waals surface area contributed by atoms with Gasteiger partial charge in [-0.05, 0) is 24.3 Å². The molecule has 20 heavy (non-hydrogen) atoms. The molecule has 2 aromatic rings. The Balaban J connectivity index is 2.22. The maximum Gasteiger partial charge on any atom is 0.573 e. The first-order chi connectivity index (χ1) is 9.37. The molecule has 0 aliphatic rings. The van der Waals surface area contributed by atoms with Crippen LogP contribution in [0.25, 0.3) is 0 Å². The largest absolute Gasteiger partial charge is 0.573 e. The smallest absolute Gasteiger partial charge is 0.404 e. The van der Waals surface area contributed by atoms with Crippen molar-refractivity contribution in [2.45, 2.75) is 6.36 Å². The van der Waals surface area contributed by atoms with E-state index >= 15 is 0 Å². The van der Waals surface area contributed by atoms with Crippen LogP contribution < -0.4 is 10.1 Å². The molecule has 7 heteroatoms. The number of alkyl halides is 3. The monoisotopic (exact) mass is 284 g/mol. The summed E-state index contributed by atoms with van der Waals surface area (Å²) >= 11 is 0. The number of nitrogens with zero attached hydrogens (tertiary/aromatic N) is 1. The van der Waals surface area contributed by atoms with Gasteiger partial charge in [-0.25, -0.2) is 0 Å². The van der Waals surface area contributed by atoms with E-state index in [0.717, 1.165) is 6.07 Å². The zero-order valence-corrected chi connectivity index (χ0v) is 10.4. The first-order valence-electron chi connectivity index (χ1n) is 5.64. The standard InChI is InChI=1S/C13H11F3N2O2/c1-18-8-4-6-10(18)12(19)17-9-5-2-3-7-11(9)20-13(14,15)16/h2-8H,1H3,(H,17,19). The molecule has 0 aliphatic heterocycles. The van der Waals surface area contributed by atoms with Crippen LogP contribution in [0.15, 0.2) is 42.6 Å². The van der Waals surface area contributed by atoms with E-state index < -0.39 is 18.0 Å². The summed E-state index contributed by atoms with van der Waals surface area (Å²) in [6.07, 6.45) is -3.15. The Hall–Kier alpha value is -2.44. The SMILES string of the molecule is Cn1cccc1C(=O)Nc1ccccc1OC(F)(F)F. The summed E-state index contributed by atoms with van der Waals surface area (Å²) in [7, 11) is 1.66. The van der Waals surface area contributed by atoms with E-state index in [9.17, 15) is 18.0 Å². The van der Waals surface area contributed by atoms with Gasteiger partial charge in [0.2, 0.25) is 0 Å². The molecule has 1 heterocycles.